The van der Waals surface area contributed by atoms with Crippen LogP contribution in [-0.2, 0) is 9.59 Å². The second kappa shape index (κ2) is 8.47. The number of amides is 2. The van der Waals surface area contributed by atoms with Gasteiger partial charge in [0.15, 0.2) is 0 Å². The SMILES string of the molecule is CC[C@H](C)NC(=O)c1ccccc1NC(=O)CC(C)(C)CC(=O)O. The first-order valence-electron chi connectivity index (χ1n) is 8.06. The molecule has 2 amide bonds. The molecular formula is C18H26N2O4. The Morgan fingerprint density at radius 3 is 2.38 bits per heavy atom. The third-order valence-electron chi connectivity index (χ3n) is 3.70. The fourth-order valence-electron chi connectivity index (χ4n) is 2.29. The zero-order valence-electron chi connectivity index (χ0n) is 14.7. The van der Waals surface area contributed by atoms with Crippen LogP contribution >= 0.6 is 0 Å². The van der Waals surface area contributed by atoms with E-state index in [4.69, 9.17) is 5.11 Å². The van der Waals surface area contributed by atoms with Gasteiger partial charge in [-0.15, -0.1) is 0 Å². The Balaban J connectivity index is 2.83. The van der Waals surface area contributed by atoms with Crippen LogP contribution in [0.25, 0.3) is 0 Å². The maximum atomic E-state index is 12.3. The molecule has 1 aromatic carbocycles. The van der Waals surface area contributed by atoms with Crippen LogP contribution < -0.4 is 10.6 Å². The maximum absolute atomic E-state index is 12.3. The smallest absolute Gasteiger partial charge is 0.303 e. The molecule has 0 saturated heterocycles. The molecule has 3 N–H and O–H groups in total. The summed E-state index contributed by atoms with van der Waals surface area (Å²) in [6.45, 7) is 7.33. The molecule has 1 aromatic rings. The number of carbonyl (C=O) groups is 3. The number of carboxylic acids is 1. The minimum Gasteiger partial charge on any atom is -0.481 e. The van der Waals surface area contributed by atoms with E-state index in [1.54, 1.807) is 38.1 Å². The zero-order chi connectivity index (χ0) is 18.3. The van der Waals surface area contributed by atoms with Gasteiger partial charge in [0.05, 0.1) is 17.7 Å². The highest BCUT2D eigenvalue weighted by Gasteiger charge is 2.26. The molecule has 0 unspecified atom stereocenters. The first-order chi connectivity index (χ1) is 11.1. The van der Waals surface area contributed by atoms with Crippen molar-refractivity contribution in [1.82, 2.24) is 5.32 Å². The highest BCUT2D eigenvalue weighted by molar-refractivity contribution is 6.03. The van der Waals surface area contributed by atoms with Gasteiger partial charge in [0, 0.05) is 12.5 Å². The lowest BCUT2D eigenvalue weighted by molar-refractivity contribution is -0.139. The lowest BCUT2D eigenvalue weighted by Gasteiger charge is -2.22. The number of hydrogen-bond acceptors (Lipinski definition) is 3. The van der Waals surface area contributed by atoms with Crippen LogP contribution in [0.2, 0.25) is 0 Å². The van der Waals surface area contributed by atoms with Gasteiger partial charge in [-0.1, -0.05) is 32.9 Å². The molecule has 0 aliphatic rings. The molecule has 0 fully saturated rings. The maximum Gasteiger partial charge on any atom is 0.303 e. The summed E-state index contributed by atoms with van der Waals surface area (Å²) in [4.78, 5) is 35.4. The molecule has 0 heterocycles. The van der Waals surface area contributed by atoms with Crippen molar-refractivity contribution in [2.45, 2.75) is 53.0 Å². The number of benzene rings is 1. The Kier molecular flexibility index (Phi) is 6.95. The molecule has 132 valence electrons. The molecule has 1 atom stereocenters. The van der Waals surface area contributed by atoms with E-state index in [-0.39, 0.29) is 30.7 Å². The molecule has 0 spiro atoms. The quantitative estimate of drug-likeness (QED) is 0.681. The number of anilines is 1. The van der Waals surface area contributed by atoms with Crippen LogP contribution in [0.1, 0.15) is 57.3 Å². The summed E-state index contributed by atoms with van der Waals surface area (Å²) >= 11 is 0. The third kappa shape index (κ3) is 6.40. The number of aliphatic carboxylic acids is 1. The molecule has 0 saturated carbocycles. The molecule has 6 nitrogen and oxygen atoms in total. The predicted octanol–water partition coefficient (Wildman–Crippen LogP) is 3.04. The van der Waals surface area contributed by atoms with E-state index in [0.717, 1.165) is 6.42 Å². The summed E-state index contributed by atoms with van der Waals surface area (Å²) in [6, 6.07) is 6.81. The predicted molar refractivity (Wildman–Crippen MR) is 92.9 cm³/mol. The molecule has 0 aliphatic heterocycles. The molecule has 1 rings (SSSR count). The Labute approximate surface area is 142 Å². The standard InChI is InChI=1S/C18H26N2O4/c1-5-12(2)19-17(24)13-8-6-7-9-14(13)20-15(21)10-18(3,4)11-16(22)23/h6-9,12H,5,10-11H2,1-4H3,(H,19,24)(H,20,21)(H,22,23)/t12-/m0/s1. The number of carbonyl (C=O) groups excluding carboxylic acids is 2. The fraction of sp³-hybridized carbons (Fsp3) is 0.500. The van der Waals surface area contributed by atoms with E-state index in [9.17, 15) is 14.4 Å². The van der Waals surface area contributed by atoms with Crippen LogP contribution in [0.15, 0.2) is 24.3 Å². The molecule has 0 radical (unpaired) electrons. The van der Waals surface area contributed by atoms with E-state index >= 15 is 0 Å². The first kappa shape index (κ1) is 19.7. The number of hydrogen-bond donors (Lipinski definition) is 3. The Bertz CT molecular complexity index is 611. The second-order valence-corrected chi connectivity index (χ2v) is 6.79. The number of carboxylic acid groups (broad SMARTS) is 1. The lowest BCUT2D eigenvalue weighted by atomic mass is 9.85. The van der Waals surface area contributed by atoms with Gasteiger partial charge in [0.2, 0.25) is 5.91 Å². The summed E-state index contributed by atoms with van der Waals surface area (Å²) in [5.74, 6) is -1.50. The van der Waals surface area contributed by atoms with E-state index < -0.39 is 11.4 Å². The van der Waals surface area contributed by atoms with Crippen molar-refractivity contribution >= 4 is 23.5 Å². The summed E-state index contributed by atoms with van der Waals surface area (Å²) in [5, 5.41) is 14.5. The van der Waals surface area contributed by atoms with E-state index in [0.29, 0.717) is 11.3 Å². The highest BCUT2D eigenvalue weighted by Crippen LogP contribution is 2.26. The van der Waals surface area contributed by atoms with Gasteiger partial charge < -0.3 is 15.7 Å². The summed E-state index contributed by atoms with van der Waals surface area (Å²) in [5.41, 5.74) is 0.153. The zero-order valence-corrected chi connectivity index (χ0v) is 14.7. The molecule has 0 aromatic heterocycles. The van der Waals surface area contributed by atoms with Crippen molar-refractivity contribution in [3.05, 3.63) is 29.8 Å². The van der Waals surface area contributed by atoms with Crippen molar-refractivity contribution < 1.29 is 19.5 Å². The van der Waals surface area contributed by atoms with Gasteiger partial charge in [-0.25, -0.2) is 0 Å². The van der Waals surface area contributed by atoms with Crippen LogP contribution in [0, 0.1) is 5.41 Å². The summed E-state index contributed by atoms with van der Waals surface area (Å²) in [6.07, 6.45) is 0.765. The van der Waals surface area contributed by atoms with Gasteiger partial charge in [-0.2, -0.15) is 0 Å². The molecule has 0 aliphatic carbocycles. The topological polar surface area (TPSA) is 95.5 Å². The van der Waals surface area contributed by atoms with Crippen LogP contribution in [0.3, 0.4) is 0 Å². The van der Waals surface area contributed by atoms with Crippen molar-refractivity contribution in [1.29, 1.82) is 0 Å². The third-order valence-corrected chi connectivity index (χ3v) is 3.70. The Hall–Kier alpha value is -2.37. The second-order valence-electron chi connectivity index (χ2n) is 6.79. The average molecular weight is 334 g/mol. The number of rotatable bonds is 8. The summed E-state index contributed by atoms with van der Waals surface area (Å²) < 4.78 is 0. The van der Waals surface area contributed by atoms with Gasteiger partial charge in [-0.05, 0) is 30.9 Å². The van der Waals surface area contributed by atoms with Crippen LogP contribution in [0.4, 0.5) is 5.69 Å². The van der Waals surface area contributed by atoms with Crippen molar-refractivity contribution in [2.75, 3.05) is 5.32 Å². The Morgan fingerprint density at radius 1 is 1.17 bits per heavy atom. The van der Waals surface area contributed by atoms with Crippen molar-refractivity contribution in [2.24, 2.45) is 5.41 Å². The minimum atomic E-state index is -0.943. The molecular weight excluding hydrogens is 308 g/mol. The van der Waals surface area contributed by atoms with E-state index in [1.165, 1.54) is 0 Å². The monoisotopic (exact) mass is 334 g/mol. The van der Waals surface area contributed by atoms with Crippen molar-refractivity contribution in [3.8, 4) is 0 Å². The fourth-order valence-corrected chi connectivity index (χ4v) is 2.29. The van der Waals surface area contributed by atoms with E-state index in [1.807, 2.05) is 13.8 Å². The summed E-state index contributed by atoms with van der Waals surface area (Å²) in [7, 11) is 0. The first-order valence-corrected chi connectivity index (χ1v) is 8.06. The van der Waals surface area contributed by atoms with Gasteiger partial charge in [-0.3, -0.25) is 14.4 Å². The molecule has 0 bridgehead atoms. The van der Waals surface area contributed by atoms with Gasteiger partial charge in [0.1, 0.15) is 0 Å². The van der Waals surface area contributed by atoms with Crippen LogP contribution in [0.5, 0.6) is 0 Å². The lowest BCUT2D eigenvalue weighted by Crippen LogP contribution is -2.33. The Morgan fingerprint density at radius 2 is 1.79 bits per heavy atom. The normalized spacial score (nSPS) is 12.3. The largest absolute Gasteiger partial charge is 0.481 e. The van der Waals surface area contributed by atoms with Crippen LogP contribution in [-0.4, -0.2) is 28.9 Å². The highest BCUT2D eigenvalue weighted by atomic mass is 16.4. The molecule has 24 heavy (non-hydrogen) atoms. The van der Waals surface area contributed by atoms with E-state index in [2.05, 4.69) is 10.6 Å². The van der Waals surface area contributed by atoms with Gasteiger partial charge in [0.25, 0.3) is 5.91 Å². The average Bonchev–Trinajstić information content (AvgIpc) is 2.45. The van der Waals surface area contributed by atoms with Crippen molar-refractivity contribution in [3.63, 3.8) is 0 Å². The number of para-hydroxylation sites is 1. The minimum absolute atomic E-state index is 0.0377. The molecule has 6 heteroatoms. The number of nitrogens with one attached hydrogen (secondary N) is 2. The van der Waals surface area contributed by atoms with Gasteiger partial charge >= 0.3 is 5.97 Å².